The number of thioether (sulfide) groups is 1. The molecule has 0 aliphatic heterocycles. The molecule has 1 N–H and O–H groups in total. The van der Waals surface area contributed by atoms with Crippen LogP contribution in [0.2, 0.25) is 0 Å². The van der Waals surface area contributed by atoms with E-state index >= 15 is 0 Å². The minimum atomic E-state index is -0.952. The van der Waals surface area contributed by atoms with Gasteiger partial charge < -0.3 is 5.11 Å². The van der Waals surface area contributed by atoms with Crippen molar-refractivity contribution in [1.82, 2.24) is 4.98 Å². The monoisotopic (exact) mass is 250 g/mol. The quantitative estimate of drug-likeness (QED) is 0.813. The molecule has 0 atom stereocenters. The van der Waals surface area contributed by atoms with E-state index < -0.39 is 5.97 Å². The Morgan fingerprint density at radius 2 is 2.35 bits per heavy atom. The third kappa shape index (κ3) is 4.45. The second-order valence-electron chi connectivity index (χ2n) is 4.28. The molecule has 0 amide bonds. The predicted octanol–water partition coefficient (Wildman–Crippen LogP) is 2.81. The van der Waals surface area contributed by atoms with Crippen molar-refractivity contribution in [3.05, 3.63) is 23.9 Å². The van der Waals surface area contributed by atoms with Crippen LogP contribution in [0.25, 0.3) is 0 Å². The minimum absolute atomic E-state index is 0.238. The van der Waals surface area contributed by atoms with E-state index in [1.54, 1.807) is 6.07 Å². The van der Waals surface area contributed by atoms with Crippen molar-refractivity contribution >= 4 is 17.7 Å². The van der Waals surface area contributed by atoms with Gasteiger partial charge in [0.25, 0.3) is 0 Å². The normalized spacial score (nSPS) is 10.9. The van der Waals surface area contributed by atoms with Gasteiger partial charge in [0.2, 0.25) is 0 Å². The first-order valence-electron chi connectivity index (χ1n) is 5.18. The molecule has 0 aliphatic carbocycles. The van der Waals surface area contributed by atoms with Gasteiger partial charge in [0.1, 0.15) is 0 Å². The number of carbonyl (C=O) groups is 1. The van der Waals surface area contributed by atoms with Crippen molar-refractivity contribution in [2.24, 2.45) is 5.41 Å². The molecule has 1 aromatic heterocycles. The molecule has 1 aromatic rings. The number of hydrogen-bond acceptors (Lipinski definition) is 4. The van der Waals surface area contributed by atoms with Crippen LogP contribution in [0.5, 0.6) is 0 Å². The maximum absolute atomic E-state index is 10.8. The van der Waals surface area contributed by atoms with E-state index in [0.29, 0.717) is 5.03 Å². The van der Waals surface area contributed by atoms with Crippen LogP contribution >= 0.6 is 11.8 Å². The van der Waals surface area contributed by atoms with Gasteiger partial charge >= 0.3 is 5.97 Å². The summed E-state index contributed by atoms with van der Waals surface area (Å²) in [5.74, 6) is -0.206. The Morgan fingerprint density at radius 1 is 1.65 bits per heavy atom. The number of nitrogens with zero attached hydrogens (tertiary/aromatic N) is 2. The number of carboxylic acid groups (broad SMARTS) is 1. The van der Waals surface area contributed by atoms with E-state index in [4.69, 9.17) is 10.4 Å². The van der Waals surface area contributed by atoms with Gasteiger partial charge in [-0.15, -0.1) is 11.8 Å². The highest BCUT2D eigenvalue weighted by atomic mass is 32.2. The summed E-state index contributed by atoms with van der Waals surface area (Å²) in [7, 11) is 0. The molecule has 0 aliphatic rings. The highest BCUT2D eigenvalue weighted by molar-refractivity contribution is 7.99. The zero-order valence-corrected chi connectivity index (χ0v) is 10.6. The highest BCUT2D eigenvalue weighted by Gasteiger charge is 2.16. The smallest absolute Gasteiger partial charge is 0.335 e. The third-order valence-corrected chi connectivity index (χ3v) is 3.19. The van der Waals surface area contributed by atoms with Crippen molar-refractivity contribution in [3.63, 3.8) is 0 Å². The largest absolute Gasteiger partial charge is 0.478 e. The zero-order valence-electron chi connectivity index (χ0n) is 9.80. The molecule has 17 heavy (non-hydrogen) atoms. The first-order chi connectivity index (χ1) is 7.94. The molecule has 0 bridgehead atoms. The molecular formula is C12H14N2O2S. The van der Waals surface area contributed by atoms with Gasteiger partial charge in [-0.3, -0.25) is 0 Å². The molecule has 0 fully saturated rings. The van der Waals surface area contributed by atoms with Crippen molar-refractivity contribution in [2.45, 2.75) is 25.3 Å². The molecule has 0 radical (unpaired) electrons. The lowest BCUT2D eigenvalue weighted by atomic mass is 9.93. The van der Waals surface area contributed by atoms with E-state index in [2.05, 4.69) is 11.1 Å². The number of hydrogen-bond donors (Lipinski definition) is 1. The summed E-state index contributed by atoms with van der Waals surface area (Å²) < 4.78 is 0. The van der Waals surface area contributed by atoms with Gasteiger partial charge in [0, 0.05) is 11.9 Å². The van der Waals surface area contributed by atoms with Crippen LogP contribution < -0.4 is 0 Å². The molecule has 0 unspecified atom stereocenters. The Bertz CT molecular complexity index is 452. The SMILES string of the molecule is CC(C)(C#N)CCSc1cc(C(=O)O)ccn1. The molecule has 1 rings (SSSR count). The zero-order chi connectivity index (χ0) is 12.9. The lowest BCUT2D eigenvalue weighted by Gasteiger charge is -2.13. The highest BCUT2D eigenvalue weighted by Crippen LogP contribution is 2.25. The molecule has 90 valence electrons. The van der Waals surface area contributed by atoms with E-state index in [-0.39, 0.29) is 11.0 Å². The second-order valence-corrected chi connectivity index (χ2v) is 5.40. The molecule has 1 heterocycles. The van der Waals surface area contributed by atoms with Crippen molar-refractivity contribution < 1.29 is 9.90 Å². The number of carboxylic acids is 1. The third-order valence-electron chi connectivity index (χ3n) is 2.26. The van der Waals surface area contributed by atoms with Gasteiger partial charge in [0.05, 0.1) is 22.1 Å². The number of aromatic carboxylic acids is 1. The molecule has 0 saturated heterocycles. The number of pyridine rings is 1. The average Bonchev–Trinajstić information content (AvgIpc) is 2.29. The lowest BCUT2D eigenvalue weighted by Crippen LogP contribution is -2.08. The van der Waals surface area contributed by atoms with Gasteiger partial charge in [-0.1, -0.05) is 0 Å². The Labute approximate surface area is 105 Å². The summed E-state index contributed by atoms with van der Waals surface area (Å²) in [6.45, 7) is 3.77. The summed E-state index contributed by atoms with van der Waals surface area (Å²) in [5, 5.41) is 18.4. The van der Waals surface area contributed by atoms with Gasteiger partial charge in [-0.2, -0.15) is 5.26 Å². The molecule has 0 saturated carbocycles. The van der Waals surface area contributed by atoms with Crippen LogP contribution in [-0.2, 0) is 0 Å². The lowest BCUT2D eigenvalue weighted by molar-refractivity contribution is 0.0696. The standard InChI is InChI=1S/C12H14N2O2S/c1-12(2,8-13)4-6-17-10-7-9(11(15)16)3-5-14-10/h3,5,7H,4,6H2,1-2H3,(H,15,16). The van der Waals surface area contributed by atoms with Crippen LogP contribution in [0.4, 0.5) is 0 Å². The van der Waals surface area contributed by atoms with Crippen LogP contribution in [0.1, 0.15) is 30.6 Å². The van der Waals surface area contributed by atoms with Crippen LogP contribution in [0.15, 0.2) is 23.4 Å². The Kier molecular flexibility index (Phi) is 4.53. The van der Waals surface area contributed by atoms with Gasteiger partial charge in [-0.05, 0) is 32.4 Å². The summed E-state index contributed by atoms with van der Waals surface area (Å²) in [5.41, 5.74) is -0.112. The van der Waals surface area contributed by atoms with E-state index in [1.165, 1.54) is 24.0 Å². The fourth-order valence-corrected chi connectivity index (χ4v) is 2.26. The molecular weight excluding hydrogens is 236 g/mol. The molecule has 5 heteroatoms. The summed E-state index contributed by atoms with van der Waals surface area (Å²) >= 11 is 1.47. The van der Waals surface area contributed by atoms with E-state index in [1.807, 2.05) is 13.8 Å². The average molecular weight is 250 g/mol. The number of rotatable bonds is 5. The first-order valence-corrected chi connectivity index (χ1v) is 6.16. The topological polar surface area (TPSA) is 74.0 Å². The molecule has 0 aromatic carbocycles. The maximum atomic E-state index is 10.8. The van der Waals surface area contributed by atoms with E-state index in [9.17, 15) is 4.79 Å². The van der Waals surface area contributed by atoms with Crippen molar-refractivity contribution in [3.8, 4) is 6.07 Å². The number of aromatic nitrogens is 1. The second kappa shape index (κ2) is 5.69. The van der Waals surface area contributed by atoms with Crippen molar-refractivity contribution in [2.75, 3.05) is 5.75 Å². The number of nitriles is 1. The van der Waals surface area contributed by atoms with Crippen LogP contribution in [-0.4, -0.2) is 21.8 Å². The summed E-state index contributed by atoms with van der Waals surface area (Å²) in [6.07, 6.45) is 2.23. The van der Waals surface area contributed by atoms with Gasteiger partial charge in [-0.25, -0.2) is 9.78 Å². The summed E-state index contributed by atoms with van der Waals surface area (Å²) in [4.78, 5) is 14.8. The maximum Gasteiger partial charge on any atom is 0.335 e. The Balaban J connectivity index is 2.56. The first kappa shape index (κ1) is 13.5. The minimum Gasteiger partial charge on any atom is -0.478 e. The Hall–Kier alpha value is -1.54. The fourth-order valence-electron chi connectivity index (χ4n) is 1.09. The molecule has 4 nitrogen and oxygen atoms in total. The predicted molar refractivity (Wildman–Crippen MR) is 65.9 cm³/mol. The molecule has 0 spiro atoms. The van der Waals surface area contributed by atoms with E-state index in [0.717, 1.165) is 12.2 Å². The van der Waals surface area contributed by atoms with Crippen molar-refractivity contribution in [1.29, 1.82) is 5.26 Å². The van der Waals surface area contributed by atoms with Crippen LogP contribution in [0, 0.1) is 16.7 Å². The fraction of sp³-hybridized carbons (Fsp3) is 0.417. The van der Waals surface area contributed by atoms with Gasteiger partial charge in [0.15, 0.2) is 0 Å². The van der Waals surface area contributed by atoms with Crippen LogP contribution in [0.3, 0.4) is 0 Å². The summed E-state index contributed by atoms with van der Waals surface area (Å²) in [6, 6.07) is 5.24. The Morgan fingerprint density at radius 3 is 2.94 bits per heavy atom.